The topological polar surface area (TPSA) is 175 Å². The molecule has 0 saturated carbocycles. The molecule has 0 spiro atoms. The highest BCUT2D eigenvalue weighted by atomic mass is 16.7. The van der Waals surface area contributed by atoms with Gasteiger partial charge in [-0.15, -0.1) is 0 Å². The van der Waals surface area contributed by atoms with E-state index in [2.05, 4.69) is 74.7 Å². The number of carbonyl (C=O) groups is 2. The van der Waals surface area contributed by atoms with Crippen molar-refractivity contribution in [2.75, 3.05) is 13.2 Å². The van der Waals surface area contributed by atoms with Crippen molar-refractivity contribution in [3.8, 4) is 0 Å². The van der Waals surface area contributed by atoms with Crippen LogP contribution in [0.15, 0.2) is 60.8 Å². The van der Waals surface area contributed by atoms with E-state index in [9.17, 15) is 35.1 Å². The molecule has 0 aromatic rings. The number of unbranched alkanes of at least 4 members (excludes halogenated alkanes) is 31. The van der Waals surface area contributed by atoms with Crippen LogP contribution in [0.4, 0.5) is 0 Å². The molecule has 6 N–H and O–H groups in total. The molecule has 8 unspecified atom stereocenters. The fraction of sp³-hybridized carbons (Fsp3) is 0.815. The number of ether oxygens (including phenoxy) is 3. The molecule has 1 fully saturated rings. The molecular formula is C65H117NO10. The van der Waals surface area contributed by atoms with Gasteiger partial charge in [0.1, 0.15) is 24.4 Å². The molecule has 1 aliphatic heterocycles. The van der Waals surface area contributed by atoms with E-state index >= 15 is 0 Å². The molecule has 76 heavy (non-hydrogen) atoms. The van der Waals surface area contributed by atoms with Crippen molar-refractivity contribution in [2.24, 2.45) is 0 Å². The first-order valence-electron chi connectivity index (χ1n) is 31.6. The van der Waals surface area contributed by atoms with Crippen molar-refractivity contribution >= 4 is 11.9 Å². The Kier molecular flexibility index (Phi) is 49.8. The summed E-state index contributed by atoms with van der Waals surface area (Å²) < 4.78 is 17.6. The molecule has 1 amide bonds. The van der Waals surface area contributed by atoms with Crippen LogP contribution in [0.25, 0.3) is 0 Å². The van der Waals surface area contributed by atoms with Crippen molar-refractivity contribution in [3.05, 3.63) is 60.8 Å². The third kappa shape index (κ3) is 40.5. The van der Waals surface area contributed by atoms with Crippen LogP contribution in [0.1, 0.15) is 278 Å². The number of allylic oxidation sites excluding steroid dienone is 9. The van der Waals surface area contributed by atoms with Gasteiger partial charge in [-0.25, -0.2) is 0 Å². The summed E-state index contributed by atoms with van der Waals surface area (Å²) in [5.74, 6) is -1.21. The van der Waals surface area contributed by atoms with Gasteiger partial charge in [-0.05, 0) is 83.5 Å². The number of esters is 1. The Morgan fingerprint density at radius 3 is 1.43 bits per heavy atom. The minimum absolute atomic E-state index is 0.0969. The second kappa shape index (κ2) is 53.0. The number of carbonyl (C=O) groups excluding carboxylic acids is 2. The van der Waals surface area contributed by atoms with Crippen LogP contribution in [-0.2, 0) is 23.8 Å². The maximum atomic E-state index is 13.4. The maximum Gasteiger partial charge on any atom is 0.306 e. The molecule has 1 saturated heterocycles. The van der Waals surface area contributed by atoms with E-state index < -0.39 is 67.4 Å². The van der Waals surface area contributed by atoms with Gasteiger partial charge in [-0.2, -0.15) is 0 Å². The SMILES string of the molecule is CC/C=C/C/C=C/C/C=C/CCCCCCC(=O)OC1C(OCC(NC(=O)C(O)CCCCCCCCCCCC/C=C/CCCCCCCC)C(O)/C=C/CCCCCCCCCCCCC)OC(CO)C(O)C1O. The highest BCUT2D eigenvalue weighted by Gasteiger charge is 2.47. The molecule has 1 aliphatic rings. The standard InChI is InChI=1S/C65H117NO10/c1-4-7-10-13-16-19-22-25-27-28-29-30-31-32-34-37-40-43-46-49-52-58(69)64(73)66-56(57(68)51-48-45-42-39-36-33-24-21-18-15-12-9-6-3)55-74-65-63(62(72)61(71)59(54-67)75-65)76-60(70)53-50-47-44-41-38-35-26-23-20-17-14-11-8-5-2/h8,11,17,20,25-27,35,48,51,56-59,61-63,65,67-69,71-72H,4-7,9-10,12-16,18-19,21-24,28-34,36-47,49-50,52-55H2,1-3H3,(H,66,73)/b11-8+,20-17+,27-25+,35-26+,51-48+. The van der Waals surface area contributed by atoms with E-state index in [1.54, 1.807) is 6.08 Å². The average Bonchev–Trinajstić information content (AvgIpc) is 3.42. The summed E-state index contributed by atoms with van der Waals surface area (Å²) in [6, 6.07) is -1.03. The summed E-state index contributed by atoms with van der Waals surface area (Å²) in [5, 5.41) is 57.0. The molecule has 1 heterocycles. The van der Waals surface area contributed by atoms with Crippen LogP contribution in [0, 0.1) is 0 Å². The van der Waals surface area contributed by atoms with Gasteiger partial charge >= 0.3 is 5.97 Å². The Morgan fingerprint density at radius 1 is 0.526 bits per heavy atom. The van der Waals surface area contributed by atoms with Gasteiger partial charge in [0.15, 0.2) is 12.4 Å². The monoisotopic (exact) mass is 1070 g/mol. The zero-order chi connectivity index (χ0) is 55.4. The van der Waals surface area contributed by atoms with E-state index in [1.807, 2.05) is 6.08 Å². The second-order valence-electron chi connectivity index (χ2n) is 21.8. The molecular weight excluding hydrogens is 955 g/mol. The summed E-state index contributed by atoms with van der Waals surface area (Å²) in [6.07, 6.45) is 55.5. The van der Waals surface area contributed by atoms with E-state index in [0.29, 0.717) is 12.8 Å². The lowest BCUT2D eigenvalue weighted by Gasteiger charge is -2.41. The van der Waals surface area contributed by atoms with Crippen molar-refractivity contribution < 1.29 is 49.3 Å². The number of aliphatic hydroxyl groups is 5. The Bertz CT molecular complexity index is 1460. The van der Waals surface area contributed by atoms with Gasteiger partial charge in [-0.1, -0.05) is 248 Å². The van der Waals surface area contributed by atoms with Crippen LogP contribution in [0.5, 0.6) is 0 Å². The van der Waals surface area contributed by atoms with Gasteiger partial charge < -0.3 is 45.1 Å². The van der Waals surface area contributed by atoms with Gasteiger partial charge in [0.25, 0.3) is 0 Å². The molecule has 0 aromatic heterocycles. The first-order valence-corrected chi connectivity index (χ1v) is 31.6. The quantitative estimate of drug-likeness (QED) is 0.0195. The molecule has 0 aliphatic carbocycles. The summed E-state index contributed by atoms with van der Waals surface area (Å²) in [4.78, 5) is 26.5. The molecule has 442 valence electrons. The summed E-state index contributed by atoms with van der Waals surface area (Å²) in [7, 11) is 0. The smallest absolute Gasteiger partial charge is 0.306 e. The predicted octanol–water partition coefficient (Wildman–Crippen LogP) is 15.0. The fourth-order valence-electron chi connectivity index (χ4n) is 9.66. The van der Waals surface area contributed by atoms with Crippen LogP contribution in [0.2, 0.25) is 0 Å². The first kappa shape index (κ1) is 71.4. The highest BCUT2D eigenvalue weighted by Crippen LogP contribution is 2.26. The van der Waals surface area contributed by atoms with Gasteiger partial charge in [0, 0.05) is 6.42 Å². The Hall–Kier alpha value is -2.64. The van der Waals surface area contributed by atoms with E-state index in [-0.39, 0.29) is 19.4 Å². The number of hydrogen-bond donors (Lipinski definition) is 6. The lowest BCUT2D eigenvalue weighted by molar-refractivity contribution is -0.305. The number of hydrogen-bond acceptors (Lipinski definition) is 10. The highest BCUT2D eigenvalue weighted by molar-refractivity contribution is 5.80. The summed E-state index contributed by atoms with van der Waals surface area (Å²) in [5.41, 5.74) is 0. The molecule has 1 rings (SSSR count). The normalized spacial score (nSPS) is 19.5. The average molecular weight is 1070 g/mol. The van der Waals surface area contributed by atoms with Crippen LogP contribution in [0.3, 0.4) is 0 Å². The van der Waals surface area contributed by atoms with Crippen LogP contribution >= 0.6 is 0 Å². The lowest BCUT2D eigenvalue weighted by atomic mass is 9.99. The largest absolute Gasteiger partial charge is 0.454 e. The Balaban J connectivity index is 2.68. The summed E-state index contributed by atoms with van der Waals surface area (Å²) in [6.45, 7) is 5.67. The van der Waals surface area contributed by atoms with E-state index in [0.717, 1.165) is 83.5 Å². The van der Waals surface area contributed by atoms with Gasteiger partial charge in [0.2, 0.25) is 5.91 Å². The molecule has 11 heteroatoms. The van der Waals surface area contributed by atoms with E-state index in [1.165, 1.54) is 148 Å². The van der Waals surface area contributed by atoms with Crippen LogP contribution in [-0.4, -0.2) is 99.6 Å². The number of rotatable bonds is 53. The van der Waals surface area contributed by atoms with Gasteiger partial charge in [0.05, 0.1) is 25.4 Å². The zero-order valence-electron chi connectivity index (χ0n) is 48.9. The van der Waals surface area contributed by atoms with Gasteiger partial charge in [-0.3, -0.25) is 9.59 Å². The third-order valence-corrected chi connectivity index (χ3v) is 14.7. The van der Waals surface area contributed by atoms with Crippen molar-refractivity contribution in [1.29, 1.82) is 0 Å². The molecule has 0 bridgehead atoms. The minimum atomic E-state index is -1.62. The third-order valence-electron chi connectivity index (χ3n) is 14.7. The Labute approximate surface area is 465 Å². The molecule has 8 atom stereocenters. The minimum Gasteiger partial charge on any atom is -0.454 e. The predicted molar refractivity (Wildman–Crippen MR) is 315 cm³/mol. The Morgan fingerprint density at radius 2 is 0.947 bits per heavy atom. The molecule has 0 aromatic carbocycles. The molecule has 0 radical (unpaired) electrons. The lowest BCUT2D eigenvalue weighted by Crippen LogP contribution is -2.61. The molecule has 11 nitrogen and oxygen atoms in total. The summed E-state index contributed by atoms with van der Waals surface area (Å²) >= 11 is 0. The van der Waals surface area contributed by atoms with E-state index in [4.69, 9.17) is 14.2 Å². The van der Waals surface area contributed by atoms with Crippen molar-refractivity contribution in [2.45, 2.75) is 327 Å². The number of nitrogens with one attached hydrogen (secondary N) is 1. The van der Waals surface area contributed by atoms with Crippen LogP contribution < -0.4 is 5.32 Å². The second-order valence-corrected chi connectivity index (χ2v) is 21.8. The van der Waals surface area contributed by atoms with Crippen molar-refractivity contribution in [3.63, 3.8) is 0 Å². The number of aliphatic hydroxyl groups excluding tert-OH is 5. The number of amides is 1. The van der Waals surface area contributed by atoms with Crippen molar-refractivity contribution in [1.82, 2.24) is 5.32 Å². The maximum absolute atomic E-state index is 13.4. The zero-order valence-corrected chi connectivity index (χ0v) is 48.9. The first-order chi connectivity index (χ1) is 37.2. The fourth-order valence-corrected chi connectivity index (χ4v) is 9.66.